The van der Waals surface area contributed by atoms with Crippen molar-refractivity contribution in [2.24, 2.45) is 0 Å². The monoisotopic (exact) mass is 216 g/mol. The van der Waals surface area contributed by atoms with Crippen LogP contribution in [-0.4, -0.2) is 61.9 Å². The zero-order valence-electron chi connectivity index (χ0n) is 9.07. The summed E-state index contributed by atoms with van der Waals surface area (Å²) in [7, 11) is 0. The van der Waals surface area contributed by atoms with Gasteiger partial charge in [0.2, 0.25) is 0 Å². The first kappa shape index (κ1) is 12.4. The molecule has 0 saturated carbocycles. The molecule has 0 spiro atoms. The van der Waals surface area contributed by atoms with E-state index >= 15 is 0 Å². The Morgan fingerprint density at radius 3 is 2.73 bits per heavy atom. The SMILES string of the molecule is O=C(O)CCNCCCN1CCOCC1. The van der Waals surface area contributed by atoms with Crippen LogP contribution in [0.1, 0.15) is 12.8 Å². The number of nitrogens with one attached hydrogen (secondary N) is 1. The van der Waals surface area contributed by atoms with Crippen LogP contribution >= 0.6 is 0 Å². The molecule has 0 aromatic rings. The van der Waals surface area contributed by atoms with Crippen LogP contribution in [0, 0.1) is 0 Å². The lowest BCUT2D eigenvalue weighted by molar-refractivity contribution is -0.136. The van der Waals surface area contributed by atoms with E-state index in [1.807, 2.05) is 0 Å². The molecule has 0 amide bonds. The van der Waals surface area contributed by atoms with E-state index in [0.717, 1.165) is 45.8 Å². The predicted octanol–water partition coefficient (Wildman–Crippen LogP) is -0.227. The average Bonchev–Trinajstić information content (AvgIpc) is 2.24. The molecule has 5 nitrogen and oxygen atoms in total. The highest BCUT2D eigenvalue weighted by Crippen LogP contribution is 1.97. The molecule has 5 heteroatoms. The second-order valence-corrected chi connectivity index (χ2v) is 3.70. The van der Waals surface area contributed by atoms with E-state index in [-0.39, 0.29) is 6.42 Å². The van der Waals surface area contributed by atoms with Gasteiger partial charge in [-0.1, -0.05) is 0 Å². The molecule has 1 saturated heterocycles. The maximum Gasteiger partial charge on any atom is 0.304 e. The van der Waals surface area contributed by atoms with E-state index < -0.39 is 5.97 Å². The Balaban J connectivity index is 1.85. The summed E-state index contributed by atoms with van der Waals surface area (Å²) < 4.78 is 5.25. The Morgan fingerprint density at radius 2 is 2.07 bits per heavy atom. The summed E-state index contributed by atoms with van der Waals surface area (Å²) >= 11 is 0. The van der Waals surface area contributed by atoms with E-state index in [9.17, 15) is 4.79 Å². The average molecular weight is 216 g/mol. The third-order valence-corrected chi connectivity index (χ3v) is 2.45. The molecule has 15 heavy (non-hydrogen) atoms. The number of hydrogen-bond donors (Lipinski definition) is 2. The number of morpholine rings is 1. The number of ether oxygens (including phenoxy) is 1. The molecule has 0 aliphatic carbocycles. The van der Waals surface area contributed by atoms with Gasteiger partial charge in [0.1, 0.15) is 0 Å². The zero-order valence-corrected chi connectivity index (χ0v) is 9.07. The van der Waals surface area contributed by atoms with Gasteiger partial charge in [0.05, 0.1) is 19.6 Å². The van der Waals surface area contributed by atoms with Crippen LogP contribution in [0.15, 0.2) is 0 Å². The van der Waals surface area contributed by atoms with Crippen LogP contribution in [0.3, 0.4) is 0 Å². The first-order valence-corrected chi connectivity index (χ1v) is 5.51. The molecule has 1 aliphatic rings. The summed E-state index contributed by atoms with van der Waals surface area (Å²) in [6, 6.07) is 0. The number of nitrogens with zero attached hydrogens (tertiary/aromatic N) is 1. The number of rotatable bonds is 7. The van der Waals surface area contributed by atoms with E-state index in [2.05, 4.69) is 10.2 Å². The van der Waals surface area contributed by atoms with Gasteiger partial charge in [-0.25, -0.2) is 0 Å². The van der Waals surface area contributed by atoms with Gasteiger partial charge in [0, 0.05) is 19.6 Å². The highest BCUT2D eigenvalue weighted by molar-refractivity contribution is 5.66. The molecule has 0 unspecified atom stereocenters. The van der Waals surface area contributed by atoms with Crippen LogP contribution < -0.4 is 5.32 Å². The molecule has 1 rings (SSSR count). The molecular weight excluding hydrogens is 196 g/mol. The summed E-state index contributed by atoms with van der Waals surface area (Å²) in [5.74, 6) is -0.740. The normalized spacial score (nSPS) is 17.9. The molecule has 1 fully saturated rings. The third-order valence-electron chi connectivity index (χ3n) is 2.45. The van der Waals surface area contributed by atoms with Crippen molar-refractivity contribution in [3.05, 3.63) is 0 Å². The molecule has 2 N–H and O–H groups in total. The van der Waals surface area contributed by atoms with Crippen molar-refractivity contribution in [2.45, 2.75) is 12.8 Å². The number of aliphatic carboxylic acids is 1. The van der Waals surface area contributed by atoms with E-state index in [4.69, 9.17) is 9.84 Å². The first-order chi connectivity index (χ1) is 7.29. The lowest BCUT2D eigenvalue weighted by Gasteiger charge is -2.26. The van der Waals surface area contributed by atoms with Gasteiger partial charge in [-0.05, 0) is 19.5 Å². The van der Waals surface area contributed by atoms with Gasteiger partial charge >= 0.3 is 5.97 Å². The van der Waals surface area contributed by atoms with Crippen molar-refractivity contribution < 1.29 is 14.6 Å². The number of carboxylic acids is 1. The molecule has 0 bridgehead atoms. The minimum Gasteiger partial charge on any atom is -0.481 e. The second kappa shape index (κ2) is 7.62. The number of carboxylic acid groups (broad SMARTS) is 1. The standard InChI is InChI=1S/C10H20N2O3/c13-10(14)2-4-11-3-1-5-12-6-8-15-9-7-12/h11H,1-9H2,(H,13,14). The van der Waals surface area contributed by atoms with Gasteiger partial charge in [-0.3, -0.25) is 9.69 Å². The Hall–Kier alpha value is -0.650. The summed E-state index contributed by atoms with van der Waals surface area (Å²) in [4.78, 5) is 12.6. The van der Waals surface area contributed by atoms with Crippen LogP contribution in [0.25, 0.3) is 0 Å². The van der Waals surface area contributed by atoms with Crippen LogP contribution in [-0.2, 0) is 9.53 Å². The Kier molecular flexibility index (Phi) is 6.31. The van der Waals surface area contributed by atoms with Crippen molar-refractivity contribution in [2.75, 3.05) is 45.9 Å². The van der Waals surface area contributed by atoms with Crippen molar-refractivity contribution in [1.82, 2.24) is 10.2 Å². The minimum atomic E-state index is -0.740. The summed E-state index contributed by atoms with van der Waals surface area (Å²) in [5.41, 5.74) is 0. The van der Waals surface area contributed by atoms with E-state index in [1.54, 1.807) is 0 Å². The van der Waals surface area contributed by atoms with Crippen molar-refractivity contribution in [1.29, 1.82) is 0 Å². The third kappa shape index (κ3) is 6.43. The quantitative estimate of drug-likeness (QED) is 0.576. The van der Waals surface area contributed by atoms with E-state index in [1.165, 1.54) is 0 Å². The van der Waals surface area contributed by atoms with Crippen LogP contribution in [0.5, 0.6) is 0 Å². The number of carbonyl (C=O) groups is 1. The van der Waals surface area contributed by atoms with Gasteiger partial charge in [-0.15, -0.1) is 0 Å². The largest absolute Gasteiger partial charge is 0.481 e. The fourth-order valence-corrected chi connectivity index (χ4v) is 1.57. The van der Waals surface area contributed by atoms with Crippen molar-refractivity contribution >= 4 is 5.97 Å². The predicted molar refractivity (Wildman–Crippen MR) is 57.0 cm³/mol. The summed E-state index contributed by atoms with van der Waals surface area (Å²) in [6.07, 6.45) is 1.27. The molecule has 1 heterocycles. The molecule has 0 aromatic carbocycles. The van der Waals surface area contributed by atoms with Gasteiger partial charge < -0.3 is 15.2 Å². The van der Waals surface area contributed by atoms with E-state index in [0.29, 0.717) is 6.54 Å². The molecule has 0 radical (unpaired) electrons. The molecule has 0 aromatic heterocycles. The topological polar surface area (TPSA) is 61.8 Å². The highest BCUT2D eigenvalue weighted by Gasteiger charge is 2.08. The molecule has 88 valence electrons. The number of hydrogen-bond acceptors (Lipinski definition) is 4. The second-order valence-electron chi connectivity index (χ2n) is 3.70. The van der Waals surface area contributed by atoms with Gasteiger partial charge in [-0.2, -0.15) is 0 Å². The summed E-state index contributed by atoms with van der Waals surface area (Å²) in [5, 5.41) is 11.5. The smallest absolute Gasteiger partial charge is 0.304 e. The Morgan fingerprint density at radius 1 is 1.33 bits per heavy atom. The Bertz CT molecular complexity index is 182. The highest BCUT2D eigenvalue weighted by atomic mass is 16.5. The fraction of sp³-hybridized carbons (Fsp3) is 0.900. The van der Waals surface area contributed by atoms with Crippen LogP contribution in [0.4, 0.5) is 0 Å². The minimum absolute atomic E-state index is 0.206. The summed E-state index contributed by atoms with van der Waals surface area (Å²) in [6.45, 7) is 6.26. The molecule has 0 atom stereocenters. The van der Waals surface area contributed by atoms with Gasteiger partial charge in [0.25, 0.3) is 0 Å². The molecule has 1 aliphatic heterocycles. The lowest BCUT2D eigenvalue weighted by atomic mass is 10.3. The maximum atomic E-state index is 10.2. The fourth-order valence-electron chi connectivity index (χ4n) is 1.57. The maximum absolute atomic E-state index is 10.2. The van der Waals surface area contributed by atoms with Gasteiger partial charge in [0.15, 0.2) is 0 Å². The first-order valence-electron chi connectivity index (χ1n) is 5.51. The molecular formula is C10H20N2O3. The Labute approximate surface area is 90.4 Å². The van der Waals surface area contributed by atoms with Crippen molar-refractivity contribution in [3.63, 3.8) is 0 Å². The van der Waals surface area contributed by atoms with Crippen LogP contribution in [0.2, 0.25) is 0 Å². The zero-order chi connectivity index (χ0) is 10.9. The lowest BCUT2D eigenvalue weighted by Crippen LogP contribution is -2.37. The van der Waals surface area contributed by atoms with Crippen molar-refractivity contribution in [3.8, 4) is 0 Å².